The van der Waals surface area contributed by atoms with Gasteiger partial charge >= 0.3 is 0 Å². The average molecular weight is 364 g/mol. The molecule has 1 aliphatic rings. The van der Waals surface area contributed by atoms with Gasteiger partial charge in [0.1, 0.15) is 6.54 Å². The maximum Gasteiger partial charge on any atom is 0.191 e. The van der Waals surface area contributed by atoms with Crippen molar-refractivity contribution in [3.63, 3.8) is 0 Å². The van der Waals surface area contributed by atoms with E-state index in [4.69, 9.17) is 4.52 Å². The van der Waals surface area contributed by atoms with Gasteiger partial charge in [0, 0.05) is 31.2 Å². The standard InChI is InChI=1S/C20H37N5O/c1-7-21-19(22-12-17-11-18(15(2)3)24-26-17)23-14-20(5,6)25-10-8-9-16(4)13-25/h11,15-16H,7-10,12-14H2,1-6H3,(H2,21,22,23). The van der Waals surface area contributed by atoms with Crippen molar-refractivity contribution in [3.8, 4) is 0 Å². The summed E-state index contributed by atoms with van der Waals surface area (Å²) in [7, 11) is 0. The van der Waals surface area contributed by atoms with Crippen molar-refractivity contribution < 1.29 is 4.52 Å². The molecular weight excluding hydrogens is 326 g/mol. The second kappa shape index (κ2) is 9.40. The topological polar surface area (TPSA) is 65.7 Å². The van der Waals surface area contributed by atoms with E-state index in [0.29, 0.717) is 12.5 Å². The lowest BCUT2D eigenvalue weighted by Gasteiger charge is -2.43. The summed E-state index contributed by atoms with van der Waals surface area (Å²) in [4.78, 5) is 7.26. The van der Waals surface area contributed by atoms with Gasteiger partial charge in [0.25, 0.3) is 0 Å². The molecule has 0 bridgehead atoms. The van der Waals surface area contributed by atoms with Crippen molar-refractivity contribution in [1.82, 2.24) is 20.7 Å². The number of aromatic nitrogens is 1. The number of hydrogen-bond donors (Lipinski definition) is 2. The summed E-state index contributed by atoms with van der Waals surface area (Å²) >= 11 is 0. The molecule has 1 unspecified atom stereocenters. The maximum absolute atomic E-state index is 5.39. The van der Waals surface area contributed by atoms with Crippen LogP contribution in [0.25, 0.3) is 0 Å². The molecule has 1 atom stereocenters. The normalized spacial score (nSPS) is 19.8. The van der Waals surface area contributed by atoms with Crippen LogP contribution >= 0.6 is 0 Å². The number of hydrogen-bond acceptors (Lipinski definition) is 4. The van der Waals surface area contributed by atoms with E-state index in [1.807, 2.05) is 6.07 Å². The SMILES string of the molecule is CCNC(=NCc1cc(C(C)C)no1)NCC(C)(C)N1CCCC(C)C1. The van der Waals surface area contributed by atoms with E-state index in [-0.39, 0.29) is 5.54 Å². The predicted octanol–water partition coefficient (Wildman–Crippen LogP) is 3.36. The number of rotatable bonds is 7. The molecule has 1 fully saturated rings. The van der Waals surface area contributed by atoms with Crippen LogP contribution in [0.3, 0.4) is 0 Å². The first-order chi connectivity index (χ1) is 12.3. The van der Waals surface area contributed by atoms with E-state index < -0.39 is 0 Å². The van der Waals surface area contributed by atoms with Crippen molar-refractivity contribution in [2.75, 3.05) is 26.2 Å². The molecule has 1 saturated heterocycles. The van der Waals surface area contributed by atoms with Crippen LogP contribution in [0.2, 0.25) is 0 Å². The fourth-order valence-electron chi connectivity index (χ4n) is 3.33. The predicted molar refractivity (Wildman–Crippen MR) is 107 cm³/mol. The Balaban J connectivity index is 1.93. The fraction of sp³-hybridized carbons (Fsp3) is 0.800. The Morgan fingerprint density at radius 1 is 1.42 bits per heavy atom. The van der Waals surface area contributed by atoms with Crippen LogP contribution in [-0.4, -0.2) is 47.7 Å². The minimum Gasteiger partial charge on any atom is -0.359 e. The third-order valence-electron chi connectivity index (χ3n) is 5.11. The Morgan fingerprint density at radius 3 is 2.81 bits per heavy atom. The zero-order valence-corrected chi connectivity index (χ0v) is 17.4. The van der Waals surface area contributed by atoms with Crippen molar-refractivity contribution in [2.24, 2.45) is 10.9 Å². The summed E-state index contributed by atoms with van der Waals surface area (Å²) < 4.78 is 5.39. The van der Waals surface area contributed by atoms with Crippen LogP contribution in [0.15, 0.2) is 15.6 Å². The largest absolute Gasteiger partial charge is 0.359 e. The van der Waals surface area contributed by atoms with Crippen LogP contribution in [0, 0.1) is 5.92 Å². The lowest BCUT2D eigenvalue weighted by Crippen LogP contribution is -2.55. The average Bonchev–Trinajstić information content (AvgIpc) is 3.07. The van der Waals surface area contributed by atoms with E-state index in [1.54, 1.807) is 0 Å². The lowest BCUT2D eigenvalue weighted by molar-refractivity contribution is 0.0739. The molecule has 148 valence electrons. The quantitative estimate of drug-likeness (QED) is 0.574. The van der Waals surface area contributed by atoms with E-state index in [1.165, 1.54) is 25.9 Å². The van der Waals surface area contributed by atoms with E-state index in [2.05, 4.69) is 67.2 Å². The highest BCUT2D eigenvalue weighted by molar-refractivity contribution is 5.79. The molecule has 0 radical (unpaired) electrons. The van der Waals surface area contributed by atoms with Gasteiger partial charge in [0.2, 0.25) is 0 Å². The summed E-state index contributed by atoms with van der Waals surface area (Å²) in [5.41, 5.74) is 1.08. The number of likely N-dealkylation sites (tertiary alicyclic amines) is 1. The molecule has 1 aliphatic heterocycles. The Kier molecular flexibility index (Phi) is 7.50. The molecule has 0 spiro atoms. The van der Waals surface area contributed by atoms with Gasteiger partial charge in [0.05, 0.1) is 5.69 Å². The second-order valence-electron chi connectivity index (χ2n) is 8.43. The monoisotopic (exact) mass is 363 g/mol. The minimum absolute atomic E-state index is 0.0991. The highest BCUT2D eigenvalue weighted by atomic mass is 16.5. The summed E-state index contributed by atoms with van der Waals surface area (Å²) in [5.74, 6) is 2.78. The zero-order valence-electron chi connectivity index (χ0n) is 17.4. The van der Waals surface area contributed by atoms with Crippen LogP contribution in [0.5, 0.6) is 0 Å². The molecule has 1 aromatic heterocycles. The van der Waals surface area contributed by atoms with Crippen LogP contribution in [0.4, 0.5) is 0 Å². The molecule has 0 saturated carbocycles. The third-order valence-corrected chi connectivity index (χ3v) is 5.11. The van der Waals surface area contributed by atoms with Gasteiger partial charge in [-0.2, -0.15) is 0 Å². The van der Waals surface area contributed by atoms with E-state index >= 15 is 0 Å². The van der Waals surface area contributed by atoms with Crippen molar-refractivity contribution in [1.29, 1.82) is 0 Å². The number of aliphatic imine (C=N–C) groups is 1. The van der Waals surface area contributed by atoms with Crippen LogP contribution in [-0.2, 0) is 6.54 Å². The minimum atomic E-state index is 0.0991. The summed E-state index contributed by atoms with van der Waals surface area (Å²) in [6.45, 7) is 17.8. The number of nitrogens with zero attached hydrogens (tertiary/aromatic N) is 3. The zero-order chi connectivity index (χ0) is 19.2. The number of nitrogens with one attached hydrogen (secondary N) is 2. The van der Waals surface area contributed by atoms with Crippen molar-refractivity contribution in [2.45, 2.75) is 72.4 Å². The first kappa shape index (κ1) is 20.7. The maximum atomic E-state index is 5.39. The lowest BCUT2D eigenvalue weighted by atomic mass is 9.93. The van der Waals surface area contributed by atoms with Gasteiger partial charge < -0.3 is 15.2 Å². The molecule has 0 amide bonds. The fourth-order valence-corrected chi connectivity index (χ4v) is 3.33. The number of piperidine rings is 1. The van der Waals surface area contributed by atoms with Gasteiger partial charge in [-0.3, -0.25) is 4.90 Å². The Bertz CT molecular complexity index is 579. The molecule has 2 heterocycles. The third kappa shape index (κ3) is 6.01. The van der Waals surface area contributed by atoms with Gasteiger partial charge in [-0.15, -0.1) is 0 Å². The first-order valence-corrected chi connectivity index (χ1v) is 10.0. The van der Waals surface area contributed by atoms with E-state index in [0.717, 1.165) is 36.4 Å². The molecule has 0 aliphatic carbocycles. The molecule has 1 aromatic rings. The smallest absolute Gasteiger partial charge is 0.191 e. The second-order valence-corrected chi connectivity index (χ2v) is 8.43. The van der Waals surface area contributed by atoms with Gasteiger partial charge in [0.15, 0.2) is 11.7 Å². The van der Waals surface area contributed by atoms with Crippen LogP contribution < -0.4 is 10.6 Å². The highest BCUT2D eigenvalue weighted by Gasteiger charge is 2.30. The Hall–Kier alpha value is -1.56. The summed E-state index contributed by atoms with van der Waals surface area (Å²) in [5, 5.41) is 10.9. The van der Waals surface area contributed by atoms with Gasteiger partial charge in [-0.05, 0) is 52.0 Å². The van der Waals surface area contributed by atoms with Gasteiger partial charge in [-0.25, -0.2) is 4.99 Å². The number of guanidine groups is 1. The first-order valence-electron chi connectivity index (χ1n) is 10.0. The molecule has 2 rings (SSSR count). The van der Waals surface area contributed by atoms with Crippen molar-refractivity contribution in [3.05, 3.63) is 17.5 Å². The molecule has 6 nitrogen and oxygen atoms in total. The summed E-state index contributed by atoms with van der Waals surface area (Å²) in [6, 6.07) is 2.00. The molecule has 2 N–H and O–H groups in total. The van der Waals surface area contributed by atoms with Crippen LogP contribution in [0.1, 0.15) is 71.8 Å². The molecular formula is C20H37N5O. The van der Waals surface area contributed by atoms with E-state index in [9.17, 15) is 0 Å². The Morgan fingerprint density at radius 2 is 2.19 bits per heavy atom. The highest BCUT2D eigenvalue weighted by Crippen LogP contribution is 2.23. The summed E-state index contributed by atoms with van der Waals surface area (Å²) in [6.07, 6.45) is 2.64. The Labute approximate surface area is 158 Å². The molecule has 0 aromatic carbocycles. The van der Waals surface area contributed by atoms with Crippen molar-refractivity contribution >= 4 is 5.96 Å². The molecule has 6 heteroatoms. The van der Waals surface area contributed by atoms with Gasteiger partial charge in [-0.1, -0.05) is 25.9 Å². The molecule has 26 heavy (non-hydrogen) atoms.